The molecule has 0 amide bonds. The summed E-state index contributed by atoms with van der Waals surface area (Å²) >= 11 is 1.62. The number of nitrogens with zero attached hydrogens (tertiary/aromatic N) is 2. The van der Waals surface area contributed by atoms with Crippen LogP contribution in [-0.2, 0) is 13.6 Å². The Kier molecular flexibility index (Phi) is 3.86. The largest absolute Gasteiger partial charge is 0.311 e. The standard InChI is InChI=1S/C16H17N3OS/c1-11(15-9-17-10-21-15)18-8-13-7-12-5-3-4-6-14(12)19(2)16(13)20/h3-7,9-11,18H,8H2,1-2H3. The summed E-state index contributed by atoms with van der Waals surface area (Å²) in [5, 5.41) is 4.48. The normalized spacial score (nSPS) is 12.7. The Hall–Kier alpha value is -1.98. The van der Waals surface area contributed by atoms with Gasteiger partial charge in [-0.1, -0.05) is 18.2 Å². The zero-order valence-corrected chi connectivity index (χ0v) is 12.9. The molecule has 0 fully saturated rings. The lowest BCUT2D eigenvalue weighted by atomic mass is 10.1. The molecular weight excluding hydrogens is 282 g/mol. The van der Waals surface area contributed by atoms with Crippen LogP contribution in [0.2, 0.25) is 0 Å². The smallest absolute Gasteiger partial charge is 0.255 e. The fourth-order valence-electron chi connectivity index (χ4n) is 2.42. The Balaban J connectivity index is 1.87. The van der Waals surface area contributed by atoms with Crippen LogP contribution in [0.1, 0.15) is 23.4 Å². The number of hydrogen-bond acceptors (Lipinski definition) is 4. The number of hydrogen-bond donors (Lipinski definition) is 1. The minimum Gasteiger partial charge on any atom is -0.311 e. The van der Waals surface area contributed by atoms with Crippen molar-refractivity contribution in [2.24, 2.45) is 7.05 Å². The molecule has 0 bridgehead atoms. The maximum absolute atomic E-state index is 12.4. The summed E-state index contributed by atoms with van der Waals surface area (Å²) in [5.41, 5.74) is 3.62. The molecule has 4 nitrogen and oxygen atoms in total. The Morgan fingerprint density at radius 2 is 2.19 bits per heavy atom. The van der Waals surface area contributed by atoms with Crippen LogP contribution in [0.15, 0.2) is 46.8 Å². The van der Waals surface area contributed by atoms with Gasteiger partial charge < -0.3 is 9.88 Å². The monoisotopic (exact) mass is 299 g/mol. The van der Waals surface area contributed by atoms with Crippen molar-refractivity contribution in [2.75, 3.05) is 0 Å². The van der Waals surface area contributed by atoms with Crippen LogP contribution in [0, 0.1) is 0 Å². The van der Waals surface area contributed by atoms with E-state index in [0.717, 1.165) is 16.5 Å². The van der Waals surface area contributed by atoms with Gasteiger partial charge in [-0.3, -0.25) is 9.78 Å². The molecule has 0 aliphatic heterocycles. The lowest BCUT2D eigenvalue weighted by molar-refractivity contribution is 0.577. The zero-order chi connectivity index (χ0) is 14.8. The highest BCUT2D eigenvalue weighted by atomic mass is 32.1. The number of fused-ring (bicyclic) bond motifs is 1. The molecule has 3 aromatic rings. The highest BCUT2D eigenvalue weighted by Gasteiger charge is 2.10. The first-order valence-electron chi connectivity index (χ1n) is 6.86. The van der Waals surface area contributed by atoms with E-state index in [-0.39, 0.29) is 11.6 Å². The van der Waals surface area contributed by atoms with Gasteiger partial charge in [0.05, 0.1) is 11.0 Å². The number of para-hydroxylation sites is 1. The second-order valence-corrected chi connectivity index (χ2v) is 6.02. The topological polar surface area (TPSA) is 46.9 Å². The number of nitrogens with one attached hydrogen (secondary N) is 1. The number of benzene rings is 1. The van der Waals surface area contributed by atoms with Crippen LogP contribution in [-0.4, -0.2) is 9.55 Å². The summed E-state index contributed by atoms with van der Waals surface area (Å²) in [6.07, 6.45) is 1.86. The fourth-order valence-corrected chi connectivity index (χ4v) is 3.07. The van der Waals surface area contributed by atoms with Crippen LogP contribution in [0.5, 0.6) is 0 Å². The Bertz CT molecular complexity index is 808. The first-order valence-corrected chi connectivity index (χ1v) is 7.74. The number of rotatable bonds is 4. The molecule has 1 unspecified atom stereocenters. The average Bonchev–Trinajstić information content (AvgIpc) is 3.03. The minimum absolute atomic E-state index is 0.0534. The van der Waals surface area contributed by atoms with E-state index in [1.54, 1.807) is 15.9 Å². The minimum atomic E-state index is 0.0534. The van der Waals surface area contributed by atoms with Crippen molar-refractivity contribution in [3.05, 3.63) is 62.8 Å². The molecule has 1 atom stereocenters. The van der Waals surface area contributed by atoms with Gasteiger partial charge in [-0.25, -0.2) is 0 Å². The molecular formula is C16H17N3OS. The average molecular weight is 299 g/mol. The third-order valence-electron chi connectivity index (χ3n) is 3.68. The highest BCUT2D eigenvalue weighted by molar-refractivity contribution is 7.09. The van der Waals surface area contributed by atoms with Gasteiger partial charge in [0.2, 0.25) is 0 Å². The van der Waals surface area contributed by atoms with Crippen LogP contribution in [0.25, 0.3) is 10.9 Å². The van der Waals surface area contributed by atoms with E-state index in [1.165, 1.54) is 4.88 Å². The molecule has 3 rings (SSSR count). The second-order valence-electron chi connectivity index (χ2n) is 5.10. The molecule has 0 spiro atoms. The number of aryl methyl sites for hydroxylation is 1. The van der Waals surface area contributed by atoms with E-state index < -0.39 is 0 Å². The Morgan fingerprint density at radius 3 is 2.95 bits per heavy atom. The van der Waals surface area contributed by atoms with Crippen molar-refractivity contribution >= 4 is 22.2 Å². The molecule has 0 saturated heterocycles. The van der Waals surface area contributed by atoms with Crippen molar-refractivity contribution in [2.45, 2.75) is 19.5 Å². The lowest BCUT2D eigenvalue weighted by Crippen LogP contribution is -2.26. The summed E-state index contributed by atoms with van der Waals surface area (Å²) in [6.45, 7) is 2.63. The summed E-state index contributed by atoms with van der Waals surface area (Å²) in [5.74, 6) is 0. The third kappa shape index (κ3) is 2.75. The summed E-state index contributed by atoms with van der Waals surface area (Å²) in [7, 11) is 1.82. The van der Waals surface area contributed by atoms with Crippen LogP contribution >= 0.6 is 11.3 Å². The molecule has 21 heavy (non-hydrogen) atoms. The van der Waals surface area contributed by atoms with Gasteiger partial charge >= 0.3 is 0 Å². The van der Waals surface area contributed by atoms with Crippen LogP contribution in [0.3, 0.4) is 0 Å². The van der Waals surface area contributed by atoms with Gasteiger partial charge in [-0.05, 0) is 24.4 Å². The SMILES string of the molecule is CC(NCc1cc2ccccc2n(C)c1=O)c1cncs1. The van der Waals surface area contributed by atoms with Crippen molar-refractivity contribution < 1.29 is 0 Å². The summed E-state index contributed by atoms with van der Waals surface area (Å²) in [6, 6.07) is 10.1. The molecule has 108 valence electrons. The van der Waals surface area contributed by atoms with E-state index in [2.05, 4.69) is 17.2 Å². The predicted octanol–water partition coefficient (Wildman–Crippen LogP) is 2.85. The molecule has 5 heteroatoms. The zero-order valence-electron chi connectivity index (χ0n) is 12.0. The first-order chi connectivity index (χ1) is 10.2. The maximum Gasteiger partial charge on any atom is 0.255 e. The van der Waals surface area contributed by atoms with Gasteiger partial charge in [0.15, 0.2) is 0 Å². The van der Waals surface area contributed by atoms with E-state index in [4.69, 9.17) is 0 Å². The molecule has 2 heterocycles. The van der Waals surface area contributed by atoms with Crippen molar-refractivity contribution in [1.29, 1.82) is 0 Å². The summed E-state index contributed by atoms with van der Waals surface area (Å²) < 4.78 is 1.71. The summed E-state index contributed by atoms with van der Waals surface area (Å²) in [4.78, 5) is 17.7. The molecule has 1 aromatic carbocycles. The Labute approximate surface area is 127 Å². The van der Waals surface area contributed by atoms with Crippen LogP contribution < -0.4 is 10.9 Å². The number of thiazole rings is 1. The van der Waals surface area contributed by atoms with Crippen molar-refractivity contribution in [3.8, 4) is 0 Å². The van der Waals surface area contributed by atoms with E-state index in [1.807, 2.05) is 49.1 Å². The molecule has 1 N–H and O–H groups in total. The van der Waals surface area contributed by atoms with E-state index >= 15 is 0 Å². The maximum atomic E-state index is 12.4. The van der Waals surface area contributed by atoms with Crippen LogP contribution in [0.4, 0.5) is 0 Å². The number of pyridine rings is 1. The Morgan fingerprint density at radius 1 is 1.38 bits per heavy atom. The molecule has 0 aliphatic rings. The number of aromatic nitrogens is 2. The van der Waals surface area contributed by atoms with Crippen molar-refractivity contribution in [3.63, 3.8) is 0 Å². The highest BCUT2D eigenvalue weighted by Crippen LogP contribution is 2.17. The lowest BCUT2D eigenvalue weighted by Gasteiger charge is -2.13. The van der Waals surface area contributed by atoms with Gasteiger partial charge in [0.25, 0.3) is 5.56 Å². The molecule has 0 saturated carbocycles. The van der Waals surface area contributed by atoms with E-state index in [9.17, 15) is 4.79 Å². The quantitative estimate of drug-likeness (QED) is 0.806. The molecule has 2 aromatic heterocycles. The van der Waals surface area contributed by atoms with Gasteiger partial charge in [0.1, 0.15) is 0 Å². The predicted molar refractivity (Wildman–Crippen MR) is 86.6 cm³/mol. The first kappa shape index (κ1) is 14.0. The van der Waals surface area contributed by atoms with E-state index in [0.29, 0.717) is 6.54 Å². The molecule has 0 aliphatic carbocycles. The third-order valence-corrected chi connectivity index (χ3v) is 4.64. The van der Waals surface area contributed by atoms with Crippen molar-refractivity contribution in [1.82, 2.24) is 14.9 Å². The van der Waals surface area contributed by atoms with Gasteiger partial charge in [0, 0.05) is 36.3 Å². The second kappa shape index (κ2) is 5.79. The van der Waals surface area contributed by atoms with Gasteiger partial charge in [-0.15, -0.1) is 11.3 Å². The fraction of sp³-hybridized carbons (Fsp3) is 0.250. The van der Waals surface area contributed by atoms with Gasteiger partial charge in [-0.2, -0.15) is 0 Å². The molecule has 0 radical (unpaired) electrons.